The Kier molecular flexibility index (Phi) is 6.92. The Hall–Kier alpha value is -3.33. The van der Waals surface area contributed by atoms with E-state index in [2.05, 4.69) is 10.6 Å². The normalized spacial score (nSPS) is 19.4. The van der Waals surface area contributed by atoms with Gasteiger partial charge < -0.3 is 24.6 Å². The number of carbonyl (C=O) groups is 2. The number of nitrogens with zero attached hydrogens (tertiary/aromatic N) is 2. The predicted molar refractivity (Wildman–Crippen MR) is 127 cm³/mol. The molecule has 2 aliphatic heterocycles. The van der Waals surface area contributed by atoms with Gasteiger partial charge in [-0.1, -0.05) is 12.1 Å². The molecule has 0 saturated carbocycles. The van der Waals surface area contributed by atoms with Crippen molar-refractivity contribution in [1.29, 1.82) is 0 Å². The van der Waals surface area contributed by atoms with E-state index < -0.39 is 11.5 Å². The van der Waals surface area contributed by atoms with Gasteiger partial charge in [0, 0.05) is 38.2 Å². The molecular weight excluding hydrogens is 439 g/mol. The highest BCUT2D eigenvalue weighted by molar-refractivity contribution is 5.89. The van der Waals surface area contributed by atoms with Gasteiger partial charge in [-0.25, -0.2) is 9.18 Å². The number of piperidine rings is 1. The Morgan fingerprint density at radius 2 is 1.88 bits per heavy atom. The van der Waals surface area contributed by atoms with E-state index in [0.29, 0.717) is 56.1 Å². The highest BCUT2D eigenvalue weighted by Crippen LogP contribution is 2.33. The molecule has 9 heteroatoms. The van der Waals surface area contributed by atoms with Gasteiger partial charge in [0.2, 0.25) is 5.91 Å². The van der Waals surface area contributed by atoms with Crippen molar-refractivity contribution in [1.82, 2.24) is 15.1 Å². The summed E-state index contributed by atoms with van der Waals surface area (Å²) in [5.74, 6) is 0.993. The van der Waals surface area contributed by atoms with E-state index in [9.17, 15) is 14.0 Å². The van der Waals surface area contributed by atoms with Crippen molar-refractivity contribution < 1.29 is 23.5 Å². The third-order valence-electron chi connectivity index (χ3n) is 6.66. The fourth-order valence-electron chi connectivity index (χ4n) is 4.85. The van der Waals surface area contributed by atoms with Gasteiger partial charge in [-0.15, -0.1) is 0 Å². The van der Waals surface area contributed by atoms with E-state index in [1.807, 2.05) is 30.0 Å². The summed E-state index contributed by atoms with van der Waals surface area (Å²) in [6.45, 7) is 3.41. The lowest BCUT2D eigenvalue weighted by Crippen LogP contribution is -2.60. The predicted octanol–water partition coefficient (Wildman–Crippen LogP) is 3.23. The third-order valence-corrected chi connectivity index (χ3v) is 6.66. The maximum atomic E-state index is 13.4. The monoisotopic (exact) mass is 470 g/mol. The molecule has 0 aromatic heterocycles. The Morgan fingerprint density at radius 3 is 2.56 bits per heavy atom. The van der Waals surface area contributed by atoms with Gasteiger partial charge in [-0.3, -0.25) is 10.1 Å². The van der Waals surface area contributed by atoms with Gasteiger partial charge in [-0.05, 0) is 49.2 Å². The summed E-state index contributed by atoms with van der Waals surface area (Å²) >= 11 is 0. The molecule has 182 valence electrons. The Morgan fingerprint density at radius 1 is 1.15 bits per heavy atom. The van der Waals surface area contributed by atoms with Crippen LogP contribution < -0.4 is 20.1 Å². The van der Waals surface area contributed by atoms with E-state index in [0.717, 1.165) is 5.56 Å². The molecule has 2 saturated heterocycles. The standard InChI is InChI=1S/C25H31FN4O4/c1-17-23(31)30(12-9-18-7-8-21(33-2)22(15-18)34-3)25(28-17)10-13-29(14-11-25)24(32)27-20-6-4-5-19(26)16-20/h4-8,15-17,28H,9-14H2,1-3H3,(H,27,32). The van der Waals surface area contributed by atoms with E-state index in [1.54, 1.807) is 31.3 Å². The number of nitrogens with one attached hydrogen (secondary N) is 2. The summed E-state index contributed by atoms with van der Waals surface area (Å²) in [5.41, 5.74) is 0.986. The van der Waals surface area contributed by atoms with Crippen molar-refractivity contribution in [2.45, 2.75) is 37.9 Å². The van der Waals surface area contributed by atoms with Crippen molar-refractivity contribution in [3.63, 3.8) is 0 Å². The van der Waals surface area contributed by atoms with E-state index in [1.165, 1.54) is 12.1 Å². The van der Waals surface area contributed by atoms with Crippen molar-refractivity contribution in [3.8, 4) is 11.5 Å². The molecule has 2 heterocycles. The Labute approximate surface area is 199 Å². The molecule has 2 aromatic rings. The number of hydrogen-bond donors (Lipinski definition) is 2. The fourth-order valence-corrected chi connectivity index (χ4v) is 4.85. The summed E-state index contributed by atoms with van der Waals surface area (Å²) in [7, 11) is 3.20. The number of urea groups is 1. The molecule has 1 unspecified atom stereocenters. The number of rotatable bonds is 6. The molecule has 2 aliphatic rings. The molecule has 4 rings (SSSR count). The first kappa shape index (κ1) is 23.8. The van der Waals surface area contributed by atoms with Crippen LogP contribution in [0, 0.1) is 5.82 Å². The molecular formula is C25H31FN4O4. The zero-order chi connectivity index (χ0) is 24.3. The van der Waals surface area contributed by atoms with Gasteiger partial charge in [-0.2, -0.15) is 0 Å². The summed E-state index contributed by atoms with van der Waals surface area (Å²) in [6.07, 6.45) is 1.91. The largest absolute Gasteiger partial charge is 0.493 e. The van der Waals surface area contributed by atoms with Crippen molar-refractivity contribution >= 4 is 17.6 Å². The number of halogens is 1. The number of likely N-dealkylation sites (tertiary alicyclic amines) is 1. The zero-order valence-corrected chi connectivity index (χ0v) is 19.8. The number of amides is 3. The van der Waals surface area contributed by atoms with Crippen molar-refractivity contribution in [3.05, 3.63) is 53.8 Å². The van der Waals surface area contributed by atoms with Crippen LogP contribution in [0.15, 0.2) is 42.5 Å². The molecule has 1 spiro atoms. The number of ether oxygens (including phenoxy) is 2. The zero-order valence-electron chi connectivity index (χ0n) is 19.8. The molecule has 8 nitrogen and oxygen atoms in total. The van der Waals surface area contributed by atoms with Crippen LogP contribution in [0.2, 0.25) is 0 Å². The van der Waals surface area contributed by atoms with E-state index >= 15 is 0 Å². The SMILES string of the molecule is COc1ccc(CCN2C(=O)C(C)NC23CCN(C(=O)Nc2cccc(F)c2)CC3)cc1OC. The van der Waals surface area contributed by atoms with E-state index in [4.69, 9.17) is 9.47 Å². The highest BCUT2D eigenvalue weighted by Gasteiger charge is 2.50. The summed E-state index contributed by atoms with van der Waals surface area (Å²) in [4.78, 5) is 29.3. The molecule has 0 radical (unpaired) electrons. The number of hydrogen-bond acceptors (Lipinski definition) is 5. The van der Waals surface area contributed by atoms with Gasteiger partial charge in [0.25, 0.3) is 0 Å². The second-order valence-corrected chi connectivity index (χ2v) is 8.75. The van der Waals surface area contributed by atoms with E-state index in [-0.39, 0.29) is 18.0 Å². The van der Waals surface area contributed by atoms with Crippen LogP contribution in [0.3, 0.4) is 0 Å². The molecule has 2 aromatic carbocycles. The minimum absolute atomic E-state index is 0.0677. The highest BCUT2D eigenvalue weighted by atomic mass is 19.1. The number of anilines is 1. The van der Waals surface area contributed by atoms with Gasteiger partial charge in [0.15, 0.2) is 11.5 Å². The van der Waals surface area contributed by atoms with Crippen LogP contribution >= 0.6 is 0 Å². The molecule has 34 heavy (non-hydrogen) atoms. The summed E-state index contributed by atoms with van der Waals surface area (Å²) < 4.78 is 24.1. The van der Waals surface area contributed by atoms with Gasteiger partial charge in [0.1, 0.15) is 5.82 Å². The lowest BCUT2D eigenvalue weighted by Gasteiger charge is -2.44. The van der Waals surface area contributed by atoms with Gasteiger partial charge >= 0.3 is 6.03 Å². The maximum Gasteiger partial charge on any atom is 0.321 e. The molecule has 0 bridgehead atoms. The maximum absolute atomic E-state index is 13.4. The lowest BCUT2D eigenvalue weighted by atomic mass is 9.95. The molecule has 3 amide bonds. The fraction of sp³-hybridized carbons (Fsp3) is 0.440. The number of benzene rings is 2. The number of methoxy groups -OCH3 is 2. The second kappa shape index (κ2) is 9.89. The first-order valence-electron chi connectivity index (χ1n) is 11.5. The molecule has 0 aliphatic carbocycles. The summed E-state index contributed by atoms with van der Waals surface area (Å²) in [5, 5.41) is 6.24. The Bertz CT molecular complexity index is 1050. The van der Waals surface area contributed by atoms with Crippen LogP contribution in [0.1, 0.15) is 25.3 Å². The van der Waals surface area contributed by atoms with Crippen LogP contribution in [-0.2, 0) is 11.2 Å². The Balaban J connectivity index is 1.40. The van der Waals surface area contributed by atoms with Crippen LogP contribution in [0.4, 0.5) is 14.9 Å². The molecule has 1 atom stereocenters. The van der Waals surface area contributed by atoms with Crippen LogP contribution in [0.5, 0.6) is 11.5 Å². The average molecular weight is 471 g/mol. The van der Waals surface area contributed by atoms with Crippen LogP contribution in [0.25, 0.3) is 0 Å². The third kappa shape index (κ3) is 4.79. The van der Waals surface area contributed by atoms with Gasteiger partial charge in [0.05, 0.1) is 25.9 Å². The second-order valence-electron chi connectivity index (χ2n) is 8.75. The van der Waals surface area contributed by atoms with Crippen molar-refractivity contribution in [2.24, 2.45) is 0 Å². The lowest BCUT2D eigenvalue weighted by molar-refractivity contribution is -0.133. The quantitative estimate of drug-likeness (QED) is 0.678. The minimum atomic E-state index is -0.483. The van der Waals surface area contributed by atoms with Crippen molar-refractivity contribution in [2.75, 3.05) is 39.2 Å². The minimum Gasteiger partial charge on any atom is -0.493 e. The first-order chi connectivity index (χ1) is 16.3. The number of carbonyl (C=O) groups excluding carboxylic acids is 2. The molecule has 2 N–H and O–H groups in total. The smallest absolute Gasteiger partial charge is 0.321 e. The topological polar surface area (TPSA) is 83.1 Å². The molecule has 2 fully saturated rings. The first-order valence-corrected chi connectivity index (χ1v) is 11.5. The van der Waals surface area contributed by atoms with Crippen LogP contribution in [-0.4, -0.2) is 67.3 Å². The average Bonchev–Trinajstić information content (AvgIpc) is 3.06. The summed E-state index contributed by atoms with van der Waals surface area (Å²) in [6, 6.07) is 11.1.